The van der Waals surface area contributed by atoms with E-state index >= 15 is 0 Å². The number of Topliss-reactive ketones (excluding diaryl/α,β-unsaturated/α-hetero) is 1. The van der Waals surface area contributed by atoms with Crippen molar-refractivity contribution in [1.82, 2.24) is 0 Å². The maximum Gasteiger partial charge on any atom is 0.469 e. The van der Waals surface area contributed by atoms with Gasteiger partial charge in [0.1, 0.15) is 6.10 Å². The molecule has 0 saturated carbocycles. The third-order valence-corrected chi connectivity index (χ3v) is 1.82. The van der Waals surface area contributed by atoms with Crippen LogP contribution in [0.15, 0.2) is 0 Å². The summed E-state index contributed by atoms with van der Waals surface area (Å²) in [5.41, 5.74) is 0. The van der Waals surface area contributed by atoms with Gasteiger partial charge >= 0.3 is 7.82 Å². The van der Waals surface area contributed by atoms with Crippen LogP contribution in [0.5, 0.6) is 0 Å². The summed E-state index contributed by atoms with van der Waals surface area (Å²) in [7, 11) is -4.87. The maximum atomic E-state index is 12.8. The zero-order valence-electron chi connectivity index (χ0n) is 7.12. The van der Waals surface area contributed by atoms with Gasteiger partial charge < -0.3 is 20.0 Å². The Bertz CT molecular complexity index is 259. The van der Waals surface area contributed by atoms with E-state index in [-0.39, 0.29) is 0 Å². The standard InChI is InChI=1S/C5H10FO7P/c1-3(7)5(6,9)4(8)2-13-14(10,11)12/h4,8-9H,2H2,1H3,(H2,10,11,12)/t4-,5-/m1/s1. The molecule has 0 spiro atoms. The minimum Gasteiger partial charge on any atom is -0.384 e. The van der Waals surface area contributed by atoms with Gasteiger partial charge in [-0.1, -0.05) is 0 Å². The van der Waals surface area contributed by atoms with Gasteiger partial charge in [-0.15, -0.1) is 0 Å². The molecule has 0 heterocycles. The summed E-state index contributed by atoms with van der Waals surface area (Å²) in [4.78, 5) is 26.7. The molecule has 0 radical (unpaired) electrons. The number of alkyl halides is 1. The van der Waals surface area contributed by atoms with Gasteiger partial charge in [0.2, 0.25) is 0 Å². The quantitative estimate of drug-likeness (QED) is 0.434. The number of hydrogen-bond donors (Lipinski definition) is 4. The van der Waals surface area contributed by atoms with Gasteiger partial charge in [0, 0.05) is 6.92 Å². The molecule has 0 bridgehead atoms. The van der Waals surface area contributed by atoms with Crippen LogP contribution in [0, 0.1) is 0 Å². The summed E-state index contributed by atoms with van der Waals surface area (Å²) < 4.78 is 26.6. The fourth-order valence-electron chi connectivity index (χ4n) is 0.513. The molecule has 0 fully saturated rings. The third kappa shape index (κ3) is 4.23. The Balaban J connectivity index is 4.29. The van der Waals surface area contributed by atoms with E-state index in [2.05, 4.69) is 4.52 Å². The Morgan fingerprint density at radius 1 is 1.64 bits per heavy atom. The van der Waals surface area contributed by atoms with E-state index in [1.54, 1.807) is 0 Å². The average Bonchev–Trinajstić information content (AvgIpc) is 1.98. The Morgan fingerprint density at radius 2 is 2.07 bits per heavy atom. The van der Waals surface area contributed by atoms with Gasteiger partial charge in [-0.2, -0.15) is 0 Å². The molecule has 0 aromatic heterocycles. The molecular weight excluding hydrogens is 222 g/mol. The van der Waals surface area contributed by atoms with E-state index in [1.807, 2.05) is 0 Å². The van der Waals surface area contributed by atoms with Gasteiger partial charge in [-0.3, -0.25) is 9.32 Å². The SMILES string of the molecule is CC(=O)[C@](O)(F)[C@H](O)COP(=O)(O)O. The first-order chi connectivity index (χ1) is 6.07. The van der Waals surface area contributed by atoms with Gasteiger partial charge in [-0.25, -0.2) is 8.96 Å². The van der Waals surface area contributed by atoms with Crippen molar-refractivity contribution < 1.29 is 38.3 Å². The molecule has 7 nitrogen and oxygen atoms in total. The Kier molecular flexibility index (Phi) is 4.32. The topological polar surface area (TPSA) is 124 Å². The van der Waals surface area contributed by atoms with Crippen molar-refractivity contribution in [1.29, 1.82) is 0 Å². The summed E-state index contributed by atoms with van der Waals surface area (Å²) in [6.07, 6.45) is -2.35. The van der Waals surface area contributed by atoms with Crippen LogP contribution in [-0.4, -0.2) is 44.3 Å². The normalized spacial score (nSPS) is 18.7. The first kappa shape index (κ1) is 13.6. The number of aliphatic hydroxyl groups excluding tert-OH is 1. The number of rotatable bonds is 5. The number of halogens is 1. The van der Waals surface area contributed by atoms with Crippen LogP contribution in [0.2, 0.25) is 0 Å². The van der Waals surface area contributed by atoms with Gasteiger partial charge in [0.15, 0.2) is 5.78 Å². The molecule has 0 saturated heterocycles. The predicted octanol–water partition coefficient (Wildman–Crippen LogP) is -1.30. The van der Waals surface area contributed by atoms with Gasteiger partial charge in [0.25, 0.3) is 5.85 Å². The molecule has 0 aliphatic heterocycles. The highest BCUT2D eigenvalue weighted by molar-refractivity contribution is 7.46. The summed E-state index contributed by atoms with van der Waals surface area (Å²) in [6.45, 7) is -0.530. The number of phosphoric ester groups is 1. The summed E-state index contributed by atoms with van der Waals surface area (Å²) >= 11 is 0. The van der Waals surface area contributed by atoms with Crippen LogP contribution in [0.4, 0.5) is 4.39 Å². The first-order valence-electron chi connectivity index (χ1n) is 3.38. The summed E-state index contributed by atoms with van der Waals surface area (Å²) in [5.74, 6) is -4.96. The van der Waals surface area contributed by atoms with Crippen LogP contribution >= 0.6 is 7.82 Å². The number of carbonyl (C=O) groups excluding carboxylic acids is 1. The molecule has 0 aliphatic rings. The lowest BCUT2D eigenvalue weighted by molar-refractivity contribution is -0.188. The number of phosphoric acid groups is 1. The van der Waals surface area contributed by atoms with E-state index in [9.17, 15) is 13.8 Å². The van der Waals surface area contributed by atoms with Crippen molar-refractivity contribution in [2.24, 2.45) is 0 Å². The molecule has 0 aromatic carbocycles. The largest absolute Gasteiger partial charge is 0.469 e. The smallest absolute Gasteiger partial charge is 0.384 e. The van der Waals surface area contributed by atoms with E-state index < -0.39 is 32.2 Å². The van der Waals surface area contributed by atoms with E-state index in [0.717, 1.165) is 0 Å². The van der Waals surface area contributed by atoms with Crippen molar-refractivity contribution in [3.8, 4) is 0 Å². The lowest BCUT2D eigenvalue weighted by atomic mass is 10.1. The molecule has 84 valence electrons. The number of ketones is 1. The monoisotopic (exact) mass is 232 g/mol. The summed E-state index contributed by atoms with van der Waals surface area (Å²) in [6, 6.07) is 0. The van der Waals surface area contributed by atoms with Crippen molar-refractivity contribution in [2.75, 3.05) is 6.61 Å². The number of aliphatic hydroxyl groups is 2. The highest BCUT2D eigenvalue weighted by atomic mass is 31.2. The number of carbonyl (C=O) groups is 1. The average molecular weight is 232 g/mol. The molecule has 9 heteroatoms. The van der Waals surface area contributed by atoms with E-state index in [4.69, 9.17) is 20.0 Å². The maximum absolute atomic E-state index is 12.8. The Hall–Kier alpha value is -0.370. The first-order valence-corrected chi connectivity index (χ1v) is 4.91. The molecule has 4 N–H and O–H groups in total. The van der Waals surface area contributed by atoms with E-state index in [1.165, 1.54) is 0 Å². The lowest BCUT2D eigenvalue weighted by Gasteiger charge is -2.21. The highest BCUT2D eigenvalue weighted by Gasteiger charge is 2.42. The molecule has 0 aromatic rings. The molecule has 0 unspecified atom stereocenters. The van der Waals surface area contributed by atoms with E-state index in [0.29, 0.717) is 6.92 Å². The van der Waals surface area contributed by atoms with Gasteiger partial charge in [0.05, 0.1) is 6.61 Å². The van der Waals surface area contributed by atoms with Crippen LogP contribution < -0.4 is 0 Å². The predicted molar refractivity (Wildman–Crippen MR) is 40.7 cm³/mol. The molecule has 2 atom stereocenters. The second kappa shape index (κ2) is 4.43. The molecular formula is C5H10FO7P. The van der Waals surface area contributed by atoms with Crippen molar-refractivity contribution in [2.45, 2.75) is 18.9 Å². The second-order valence-electron chi connectivity index (χ2n) is 2.53. The number of hydrogen-bond acceptors (Lipinski definition) is 5. The zero-order valence-corrected chi connectivity index (χ0v) is 8.02. The fourth-order valence-corrected chi connectivity index (χ4v) is 0.848. The minimum absolute atomic E-state index is 0.667. The Labute approximate surface area is 78.4 Å². The van der Waals surface area contributed by atoms with Crippen molar-refractivity contribution in [3.05, 3.63) is 0 Å². The lowest BCUT2D eigenvalue weighted by Crippen LogP contribution is -2.46. The summed E-state index contributed by atoms with van der Waals surface area (Å²) in [5, 5.41) is 17.5. The highest BCUT2D eigenvalue weighted by Crippen LogP contribution is 2.36. The zero-order chi connectivity index (χ0) is 11.6. The van der Waals surface area contributed by atoms with Crippen LogP contribution in [-0.2, 0) is 13.9 Å². The second-order valence-corrected chi connectivity index (χ2v) is 3.77. The third-order valence-electron chi connectivity index (χ3n) is 1.34. The van der Waals surface area contributed by atoms with Crippen molar-refractivity contribution in [3.63, 3.8) is 0 Å². The van der Waals surface area contributed by atoms with Crippen LogP contribution in [0.1, 0.15) is 6.92 Å². The van der Waals surface area contributed by atoms with Crippen molar-refractivity contribution >= 4 is 13.6 Å². The molecule has 0 amide bonds. The minimum atomic E-state index is -4.87. The van der Waals surface area contributed by atoms with Gasteiger partial charge in [-0.05, 0) is 0 Å². The molecule has 14 heavy (non-hydrogen) atoms. The Morgan fingerprint density at radius 3 is 2.36 bits per heavy atom. The fraction of sp³-hybridized carbons (Fsp3) is 0.800. The van der Waals surface area contributed by atoms with Crippen LogP contribution in [0.25, 0.3) is 0 Å². The molecule has 0 rings (SSSR count). The van der Waals surface area contributed by atoms with Crippen LogP contribution in [0.3, 0.4) is 0 Å². The molecule has 0 aliphatic carbocycles.